The fourth-order valence-corrected chi connectivity index (χ4v) is 0.759. The predicted molar refractivity (Wildman–Crippen MR) is 54.2 cm³/mol. The maximum Gasteiger partial charge on any atom is 2.00 e. The van der Waals surface area contributed by atoms with E-state index in [2.05, 4.69) is 0 Å². The summed E-state index contributed by atoms with van der Waals surface area (Å²) in [6.07, 6.45) is -7.04. The van der Waals surface area contributed by atoms with Crippen LogP contribution in [0.3, 0.4) is 0 Å². The molecular weight excluding hydrogens is 325 g/mol. The first-order chi connectivity index (χ1) is 8.05. The van der Waals surface area contributed by atoms with Crippen molar-refractivity contribution in [1.82, 2.24) is 0 Å². The number of carbonyl (C=O) groups is 1. The molecule has 0 aliphatic carbocycles. The summed E-state index contributed by atoms with van der Waals surface area (Å²) in [5, 5.41) is 11.2. The number of halogens is 7. The molecule has 0 atom stereocenters. The molecular formula is C10H10CaF7O2+. The molecule has 0 aliphatic heterocycles. The molecule has 0 aromatic rings. The molecule has 0 amide bonds. The first-order valence-corrected chi connectivity index (χ1v) is 4.81. The minimum Gasteiger partial charge on any atom is -0.875 e. The van der Waals surface area contributed by atoms with Gasteiger partial charge in [0, 0.05) is 0 Å². The molecule has 0 bridgehead atoms. The zero-order chi connectivity index (χ0) is 15.9. The van der Waals surface area contributed by atoms with Crippen LogP contribution in [0.4, 0.5) is 30.7 Å². The summed E-state index contributed by atoms with van der Waals surface area (Å²) < 4.78 is 86.0. The van der Waals surface area contributed by atoms with Crippen LogP contribution in [0, 0.1) is 5.41 Å². The molecule has 0 spiro atoms. The monoisotopic (exact) mass is 335 g/mol. The molecule has 0 saturated carbocycles. The molecule has 0 radical (unpaired) electrons. The van der Waals surface area contributed by atoms with E-state index >= 15 is 0 Å². The molecule has 0 unspecified atom stereocenters. The smallest absolute Gasteiger partial charge is 0.875 e. The van der Waals surface area contributed by atoms with E-state index in [1.807, 2.05) is 0 Å². The van der Waals surface area contributed by atoms with E-state index < -0.39 is 41.1 Å². The Balaban J connectivity index is 0. The van der Waals surface area contributed by atoms with Gasteiger partial charge >= 0.3 is 55.8 Å². The van der Waals surface area contributed by atoms with Crippen molar-refractivity contribution in [3.05, 3.63) is 11.8 Å². The van der Waals surface area contributed by atoms with E-state index in [1.165, 1.54) is 20.8 Å². The van der Waals surface area contributed by atoms with Gasteiger partial charge in [0.2, 0.25) is 5.78 Å². The Kier molecular flexibility index (Phi) is 7.12. The van der Waals surface area contributed by atoms with Crippen LogP contribution in [0.25, 0.3) is 0 Å². The summed E-state index contributed by atoms with van der Waals surface area (Å²) in [5.74, 6) is -16.7. The third kappa shape index (κ3) is 4.49. The van der Waals surface area contributed by atoms with Crippen LogP contribution in [-0.4, -0.2) is 61.5 Å². The molecule has 0 aromatic carbocycles. The van der Waals surface area contributed by atoms with Crippen molar-refractivity contribution in [2.45, 2.75) is 38.8 Å². The van der Waals surface area contributed by atoms with Gasteiger partial charge in [0.1, 0.15) is 0 Å². The van der Waals surface area contributed by atoms with Gasteiger partial charge in [-0.05, 0) is 11.5 Å². The van der Waals surface area contributed by atoms with Gasteiger partial charge < -0.3 is 5.11 Å². The van der Waals surface area contributed by atoms with Crippen molar-refractivity contribution >= 4 is 43.5 Å². The number of carbonyl (C=O) groups excluding carboxylic acids is 1. The van der Waals surface area contributed by atoms with E-state index in [0.717, 1.165) is 0 Å². The molecule has 10 heteroatoms. The maximum absolute atomic E-state index is 12.8. The fourth-order valence-electron chi connectivity index (χ4n) is 0.759. The van der Waals surface area contributed by atoms with Gasteiger partial charge in [0.25, 0.3) is 0 Å². The van der Waals surface area contributed by atoms with Gasteiger partial charge in [-0.3, -0.25) is 4.79 Å². The molecule has 0 N–H and O–H groups in total. The Morgan fingerprint density at radius 1 is 0.950 bits per heavy atom. The topological polar surface area (TPSA) is 40.1 Å². The summed E-state index contributed by atoms with van der Waals surface area (Å²) in [6.45, 7) is 3.54. The first kappa shape index (κ1) is 22.3. The molecule has 20 heavy (non-hydrogen) atoms. The zero-order valence-electron chi connectivity index (χ0n) is 10.7. The van der Waals surface area contributed by atoms with E-state index in [1.54, 1.807) is 0 Å². The molecule has 112 valence electrons. The Morgan fingerprint density at radius 2 is 1.30 bits per heavy atom. The van der Waals surface area contributed by atoms with Crippen molar-refractivity contribution in [2.75, 3.05) is 0 Å². The number of ketones is 1. The first-order valence-electron chi connectivity index (χ1n) is 4.81. The van der Waals surface area contributed by atoms with Crippen LogP contribution in [0.5, 0.6) is 0 Å². The second-order valence-corrected chi connectivity index (χ2v) is 4.77. The number of hydrogen-bond donors (Lipinski definition) is 0. The number of allylic oxidation sites excluding steroid dienone is 2. The summed E-state index contributed by atoms with van der Waals surface area (Å²) in [5.41, 5.74) is -1.36. The molecule has 0 rings (SSSR count). The second-order valence-electron chi connectivity index (χ2n) is 4.77. The van der Waals surface area contributed by atoms with Crippen LogP contribution in [0.15, 0.2) is 11.8 Å². The van der Waals surface area contributed by atoms with E-state index in [-0.39, 0.29) is 37.7 Å². The van der Waals surface area contributed by atoms with Crippen LogP contribution in [0.1, 0.15) is 20.8 Å². The van der Waals surface area contributed by atoms with Crippen LogP contribution < -0.4 is 5.11 Å². The fraction of sp³-hybridized carbons (Fsp3) is 0.700. The normalized spacial score (nSPS) is 14.8. The second kappa shape index (κ2) is 6.39. The van der Waals surface area contributed by atoms with E-state index in [4.69, 9.17) is 0 Å². The Labute approximate surface area is 140 Å². The van der Waals surface area contributed by atoms with Gasteiger partial charge in [0.05, 0.1) is 0 Å². The van der Waals surface area contributed by atoms with Gasteiger partial charge in [0.15, 0.2) is 0 Å². The largest absolute Gasteiger partial charge is 2.00 e. The van der Waals surface area contributed by atoms with Crippen LogP contribution in [-0.2, 0) is 4.79 Å². The summed E-state index contributed by atoms with van der Waals surface area (Å²) >= 11 is 0. The summed E-state index contributed by atoms with van der Waals surface area (Å²) in [4.78, 5) is 10.8. The van der Waals surface area contributed by atoms with Gasteiger partial charge in [-0.2, -0.15) is 30.7 Å². The Bertz CT molecular complexity index is 393. The van der Waals surface area contributed by atoms with Crippen molar-refractivity contribution < 1.29 is 40.6 Å². The van der Waals surface area contributed by atoms with Crippen molar-refractivity contribution in [3.8, 4) is 0 Å². The van der Waals surface area contributed by atoms with Gasteiger partial charge in [-0.25, -0.2) is 0 Å². The summed E-state index contributed by atoms with van der Waals surface area (Å²) in [6, 6.07) is 0. The van der Waals surface area contributed by atoms with Gasteiger partial charge in [-0.15, -0.1) is 5.76 Å². The molecule has 0 fully saturated rings. The number of alkyl halides is 7. The van der Waals surface area contributed by atoms with Crippen molar-refractivity contribution in [2.24, 2.45) is 5.41 Å². The zero-order valence-corrected chi connectivity index (χ0v) is 13.0. The minimum atomic E-state index is -6.61. The maximum atomic E-state index is 12.8. The molecule has 2 nitrogen and oxygen atoms in total. The quantitative estimate of drug-likeness (QED) is 0.344. The number of rotatable bonds is 3. The predicted octanol–water partition coefficient (Wildman–Crippen LogP) is 2.30. The van der Waals surface area contributed by atoms with Crippen LogP contribution in [0.2, 0.25) is 0 Å². The van der Waals surface area contributed by atoms with Gasteiger partial charge in [-0.1, -0.05) is 20.8 Å². The molecule has 0 saturated heterocycles. The summed E-state index contributed by atoms with van der Waals surface area (Å²) in [7, 11) is 0. The molecule has 0 aromatic heterocycles. The standard InChI is InChI=1S/C10H11F7O2.Ca/c1-7(2,3)5(18)4-6(19)8(11,12)9(13,14)10(15,16)17;/h4,18H,1-3H3;/q;+2/p-1/b5-4-;. The van der Waals surface area contributed by atoms with Crippen molar-refractivity contribution in [3.63, 3.8) is 0 Å². The average molecular weight is 335 g/mol. The molecule has 0 aliphatic rings. The minimum absolute atomic E-state index is 0. The molecule has 0 heterocycles. The Morgan fingerprint density at radius 3 is 1.55 bits per heavy atom. The SMILES string of the molecule is CC(C)(C)/C([O-])=C/C(=O)C(F)(F)C(F)(F)C(F)(F)F.[Ca+2]. The third-order valence-corrected chi connectivity index (χ3v) is 2.06. The van der Waals surface area contributed by atoms with E-state index in [9.17, 15) is 40.6 Å². The van der Waals surface area contributed by atoms with E-state index in [0.29, 0.717) is 0 Å². The Hall–Kier alpha value is -0.0203. The van der Waals surface area contributed by atoms with Crippen LogP contribution >= 0.6 is 0 Å². The number of hydrogen-bond acceptors (Lipinski definition) is 2. The van der Waals surface area contributed by atoms with Crippen molar-refractivity contribution in [1.29, 1.82) is 0 Å². The average Bonchev–Trinajstić information content (AvgIpc) is 2.13. The third-order valence-electron chi connectivity index (χ3n) is 2.06.